The molecule has 3 heteroatoms. The van der Waals surface area contributed by atoms with E-state index in [4.69, 9.17) is 0 Å². The van der Waals surface area contributed by atoms with Crippen molar-refractivity contribution in [3.05, 3.63) is 35.6 Å². The molecule has 0 aliphatic heterocycles. The zero-order chi connectivity index (χ0) is 17.0. The van der Waals surface area contributed by atoms with E-state index in [1.807, 2.05) is 32.9 Å². The van der Waals surface area contributed by atoms with Gasteiger partial charge in [0.15, 0.2) is 5.78 Å². The third-order valence-corrected chi connectivity index (χ3v) is 3.56. The number of carbonyl (C=O) groups excluding carboxylic acids is 1. The molecule has 1 N–H and O–H groups in total. The van der Waals surface area contributed by atoms with E-state index in [2.05, 4.69) is 26.1 Å². The van der Waals surface area contributed by atoms with Crippen LogP contribution >= 0.6 is 0 Å². The second-order valence-corrected chi connectivity index (χ2v) is 8.04. The first-order valence-electron chi connectivity index (χ1n) is 8.06. The maximum absolute atomic E-state index is 13.7. The fourth-order valence-corrected chi connectivity index (χ4v) is 2.51. The van der Waals surface area contributed by atoms with Crippen LogP contribution in [-0.2, 0) is 11.2 Å². The van der Waals surface area contributed by atoms with Gasteiger partial charge < -0.3 is 5.32 Å². The van der Waals surface area contributed by atoms with Gasteiger partial charge in [-0.15, -0.1) is 0 Å². The molecule has 0 bridgehead atoms. The van der Waals surface area contributed by atoms with E-state index in [0.717, 1.165) is 18.4 Å². The van der Waals surface area contributed by atoms with Crippen molar-refractivity contribution in [2.45, 2.75) is 72.4 Å². The quantitative estimate of drug-likeness (QED) is 0.837. The summed E-state index contributed by atoms with van der Waals surface area (Å²) < 4.78 is 13.7. The van der Waals surface area contributed by atoms with Crippen LogP contribution in [0.15, 0.2) is 24.3 Å². The summed E-state index contributed by atoms with van der Waals surface area (Å²) in [6, 6.07) is 6.66. The molecule has 1 unspecified atom stereocenters. The Labute approximate surface area is 134 Å². The lowest BCUT2D eigenvalue weighted by molar-refractivity contribution is -0.129. The summed E-state index contributed by atoms with van der Waals surface area (Å²) in [5.74, 6) is 0.0564. The number of benzene rings is 1. The number of ketones is 1. The van der Waals surface area contributed by atoms with E-state index in [-0.39, 0.29) is 28.6 Å². The van der Waals surface area contributed by atoms with Crippen LogP contribution in [0.1, 0.15) is 59.9 Å². The number of halogens is 1. The lowest BCUT2D eigenvalue weighted by Gasteiger charge is -2.32. The Morgan fingerprint density at radius 3 is 2.23 bits per heavy atom. The van der Waals surface area contributed by atoms with Crippen LogP contribution < -0.4 is 5.32 Å². The molecule has 0 radical (unpaired) electrons. The average molecular weight is 307 g/mol. The monoisotopic (exact) mass is 307 g/mol. The summed E-state index contributed by atoms with van der Waals surface area (Å²) in [6.45, 7) is 12.0. The summed E-state index contributed by atoms with van der Waals surface area (Å²) in [5.41, 5.74) is 0.227. The van der Waals surface area contributed by atoms with E-state index in [1.54, 1.807) is 6.07 Å². The average Bonchev–Trinajstić information content (AvgIpc) is 2.36. The molecule has 1 rings (SSSR count). The number of nitrogens with one attached hydrogen (secondary N) is 1. The van der Waals surface area contributed by atoms with Crippen LogP contribution in [0.3, 0.4) is 0 Å². The van der Waals surface area contributed by atoms with Gasteiger partial charge in [0.05, 0.1) is 6.04 Å². The fraction of sp³-hybridized carbons (Fsp3) is 0.632. The Hall–Kier alpha value is -1.22. The van der Waals surface area contributed by atoms with E-state index < -0.39 is 0 Å². The summed E-state index contributed by atoms with van der Waals surface area (Å²) in [6.07, 6.45) is 2.17. The molecule has 0 aromatic heterocycles. The van der Waals surface area contributed by atoms with Crippen LogP contribution in [-0.4, -0.2) is 17.4 Å². The number of carbonyl (C=O) groups is 1. The predicted octanol–water partition coefficient (Wildman–Crippen LogP) is 4.52. The highest BCUT2D eigenvalue weighted by Crippen LogP contribution is 2.21. The zero-order valence-electron chi connectivity index (χ0n) is 14.8. The minimum atomic E-state index is -0.374. The number of rotatable bonds is 6. The van der Waals surface area contributed by atoms with Crippen LogP contribution in [0.25, 0.3) is 0 Å². The smallest absolute Gasteiger partial charge is 0.155 e. The second kappa shape index (κ2) is 7.36. The number of hydrogen-bond donors (Lipinski definition) is 1. The summed E-state index contributed by atoms with van der Waals surface area (Å²) in [5, 5.41) is 3.42. The highest BCUT2D eigenvalue weighted by atomic mass is 19.1. The third kappa shape index (κ3) is 6.27. The molecular formula is C19H30FNO. The highest BCUT2D eigenvalue weighted by molar-refractivity contribution is 5.88. The van der Waals surface area contributed by atoms with Gasteiger partial charge in [-0.2, -0.15) is 0 Å². The van der Waals surface area contributed by atoms with Crippen molar-refractivity contribution in [3.8, 4) is 0 Å². The SMILES string of the molecule is CC(C)(C)NC(CCCc1ccccc1F)C(=O)C(C)(C)C. The van der Waals surface area contributed by atoms with Gasteiger partial charge in [0.2, 0.25) is 0 Å². The Kier molecular flexibility index (Phi) is 6.30. The third-order valence-electron chi connectivity index (χ3n) is 3.56. The van der Waals surface area contributed by atoms with Gasteiger partial charge in [-0.1, -0.05) is 39.0 Å². The minimum absolute atomic E-state index is 0.121. The highest BCUT2D eigenvalue weighted by Gasteiger charge is 2.31. The van der Waals surface area contributed by atoms with E-state index in [1.165, 1.54) is 6.07 Å². The topological polar surface area (TPSA) is 29.1 Å². The van der Waals surface area contributed by atoms with E-state index in [0.29, 0.717) is 6.42 Å². The Morgan fingerprint density at radius 2 is 1.73 bits per heavy atom. The van der Waals surface area contributed by atoms with Crippen LogP contribution in [0.2, 0.25) is 0 Å². The van der Waals surface area contributed by atoms with Crippen LogP contribution in [0, 0.1) is 11.2 Å². The standard InChI is InChI=1S/C19H30FNO/c1-18(2,3)17(22)16(21-19(4,5)6)13-9-11-14-10-7-8-12-15(14)20/h7-8,10,12,16,21H,9,11,13H2,1-6H3. The van der Waals surface area contributed by atoms with Crippen LogP contribution in [0.5, 0.6) is 0 Å². The Bertz CT molecular complexity index is 497. The molecule has 2 nitrogen and oxygen atoms in total. The minimum Gasteiger partial charge on any atom is -0.303 e. The van der Waals surface area contributed by atoms with E-state index in [9.17, 15) is 9.18 Å². The van der Waals surface area contributed by atoms with Crippen molar-refractivity contribution >= 4 is 5.78 Å². The van der Waals surface area contributed by atoms with Crippen molar-refractivity contribution < 1.29 is 9.18 Å². The molecule has 1 atom stereocenters. The van der Waals surface area contributed by atoms with Gasteiger partial charge in [-0.25, -0.2) is 4.39 Å². The Balaban J connectivity index is 2.69. The van der Waals surface area contributed by atoms with Gasteiger partial charge in [0, 0.05) is 11.0 Å². The first-order valence-corrected chi connectivity index (χ1v) is 8.06. The van der Waals surface area contributed by atoms with Crippen LogP contribution in [0.4, 0.5) is 4.39 Å². The number of aryl methyl sites for hydroxylation is 1. The maximum Gasteiger partial charge on any atom is 0.155 e. The van der Waals surface area contributed by atoms with Crippen molar-refractivity contribution in [2.24, 2.45) is 5.41 Å². The van der Waals surface area contributed by atoms with Gasteiger partial charge >= 0.3 is 0 Å². The number of hydrogen-bond acceptors (Lipinski definition) is 2. The molecule has 0 spiro atoms. The molecule has 0 aliphatic rings. The maximum atomic E-state index is 13.7. The molecule has 0 saturated carbocycles. The predicted molar refractivity (Wildman–Crippen MR) is 90.5 cm³/mol. The molecule has 0 amide bonds. The van der Waals surface area contributed by atoms with Gasteiger partial charge in [-0.05, 0) is 51.7 Å². The summed E-state index contributed by atoms with van der Waals surface area (Å²) in [7, 11) is 0. The number of Topliss-reactive ketones (excluding diaryl/α,β-unsaturated/α-hetero) is 1. The van der Waals surface area contributed by atoms with Gasteiger partial charge in [0.25, 0.3) is 0 Å². The first-order chi connectivity index (χ1) is 10.0. The molecule has 0 fully saturated rings. The fourth-order valence-electron chi connectivity index (χ4n) is 2.51. The first kappa shape index (κ1) is 18.8. The molecule has 124 valence electrons. The molecule has 0 heterocycles. The zero-order valence-corrected chi connectivity index (χ0v) is 14.8. The van der Waals surface area contributed by atoms with Crippen molar-refractivity contribution in [2.75, 3.05) is 0 Å². The normalized spacial score (nSPS) is 14.0. The molecule has 22 heavy (non-hydrogen) atoms. The second-order valence-electron chi connectivity index (χ2n) is 8.04. The molecule has 1 aromatic carbocycles. The van der Waals surface area contributed by atoms with Crippen molar-refractivity contribution in [3.63, 3.8) is 0 Å². The van der Waals surface area contributed by atoms with Crippen molar-refractivity contribution in [1.82, 2.24) is 5.32 Å². The molecular weight excluding hydrogens is 277 g/mol. The summed E-state index contributed by atoms with van der Waals surface area (Å²) >= 11 is 0. The largest absolute Gasteiger partial charge is 0.303 e. The molecule has 0 saturated heterocycles. The lowest BCUT2D eigenvalue weighted by atomic mass is 9.83. The van der Waals surface area contributed by atoms with Gasteiger partial charge in [-0.3, -0.25) is 4.79 Å². The molecule has 1 aromatic rings. The van der Waals surface area contributed by atoms with E-state index >= 15 is 0 Å². The van der Waals surface area contributed by atoms with Gasteiger partial charge in [0.1, 0.15) is 5.82 Å². The van der Waals surface area contributed by atoms with Crippen molar-refractivity contribution in [1.29, 1.82) is 0 Å². The summed E-state index contributed by atoms with van der Waals surface area (Å²) in [4.78, 5) is 12.6. The molecule has 0 aliphatic carbocycles. The Morgan fingerprint density at radius 1 is 1.14 bits per heavy atom. The lowest BCUT2D eigenvalue weighted by Crippen LogP contribution is -2.50.